The number of amides is 1. The molecule has 1 amide bonds. The number of rotatable bonds is 5. The van der Waals surface area contributed by atoms with E-state index in [0.29, 0.717) is 12.2 Å². The van der Waals surface area contributed by atoms with E-state index in [-0.39, 0.29) is 23.5 Å². The van der Waals surface area contributed by atoms with Crippen LogP contribution in [-0.4, -0.2) is 67.8 Å². The van der Waals surface area contributed by atoms with E-state index in [4.69, 9.17) is 4.74 Å². The van der Waals surface area contributed by atoms with Crippen LogP contribution >= 0.6 is 0 Å². The van der Waals surface area contributed by atoms with Crippen molar-refractivity contribution in [3.63, 3.8) is 0 Å². The van der Waals surface area contributed by atoms with Crippen LogP contribution < -0.4 is 10.2 Å². The minimum absolute atomic E-state index is 0.0224. The molecule has 0 aromatic carbocycles. The Morgan fingerprint density at radius 1 is 1.36 bits per heavy atom. The average molecular weight is 346 g/mol. The van der Waals surface area contributed by atoms with E-state index >= 15 is 0 Å². The number of nitrogens with one attached hydrogen (secondary N) is 1. The van der Waals surface area contributed by atoms with Gasteiger partial charge in [-0.2, -0.15) is 0 Å². The highest BCUT2D eigenvalue weighted by atomic mass is 16.5. The third kappa shape index (κ3) is 3.80. The molecule has 138 valence electrons. The molecule has 25 heavy (non-hydrogen) atoms. The van der Waals surface area contributed by atoms with Crippen LogP contribution in [0.5, 0.6) is 0 Å². The first-order chi connectivity index (χ1) is 11.9. The summed E-state index contributed by atoms with van der Waals surface area (Å²) < 4.78 is 5.75. The van der Waals surface area contributed by atoms with Gasteiger partial charge in [0.15, 0.2) is 0 Å². The van der Waals surface area contributed by atoms with Gasteiger partial charge in [-0.1, -0.05) is 13.8 Å². The van der Waals surface area contributed by atoms with E-state index in [9.17, 15) is 4.79 Å². The molecule has 1 saturated carbocycles. The number of carbonyl (C=O) groups is 1. The summed E-state index contributed by atoms with van der Waals surface area (Å²) in [5.74, 6) is 0.867. The van der Waals surface area contributed by atoms with Crippen LogP contribution in [-0.2, 0) is 4.74 Å². The molecular weight excluding hydrogens is 316 g/mol. The van der Waals surface area contributed by atoms with Gasteiger partial charge in [0.05, 0.1) is 6.10 Å². The summed E-state index contributed by atoms with van der Waals surface area (Å²) in [7, 11) is 2.13. The van der Waals surface area contributed by atoms with Gasteiger partial charge in [-0.05, 0) is 32.5 Å². The van der Waals surface area contributed by atoms with Crippen LogP contribution in [0.15, 0.2) is 18.3 Å². The molecule has 1 aromatic rings. The number of ether oxygens (including phenoxy) is 1. The molecule has 3 rings (SSSR count). The second kappa shape index (κ2) is 7.30. The smallest absolute Gasteiger partial charge is 0.251 e. The van der Waals surface area contributed by atoms with Gasteiger partial charge in [0.2, 0.25) is 0 Å². The van der Waals surface area contributed by atoms with Gasteiger partial charge in [-0.15, -0.1) is 0 Å². The molecule has 1 aliphatic heterocycles. The molecule has 0 bridgehead atoms. The summed E-state index contributed by atoms with van der Waals surface area (Å²) in [6.45, 7) is 11.0. The zero-order valence-corrected chi connectivity index (χ0v) is 15.8. The standard InChI is InChI=1S/C19H30N4O2/c1-5-25-16-13-15(19(16,2)3)21-18(24)14-6-7-20-17(12-14)23-10-8-22(4)9-11-23/h6-7,12,15-16H,5,8-11,13H2,1-4H3,(H,21,24)/t15-,16-/m0/s1. The minimum Gasteiger partial charge on any atom is -0.378 e. The van der Waals surface area contributed by atoms with Gasteiger partial charge in [0.25, 0.3) is 5.91 Å². The predicted molar refractivity (Wildman–Crippen MR) is 99.0 cm³/mol. The topological polar surface area (TPSA) is 57.7 Å². The molecule has 1 aliphatic carbocycles. The molecule has 0 spiro atoms. The van der Waals surface area contributed by atoms with Crippen molar-refractivity contribution in [2.24, 2.45) is 5.41 Å². The molecule has 2 atom stereocenters. The molecule has 0 radical (unpaired) electrons. The second-order valence-electron chi connectivity index (χ2n) is 7.72. The fourth-order valence-corrected chi connectivity index (χ4v) is 3.62. The summed E-state index contributed by atoms with van der Waals surface area (Å²) in [6, 6.07) is 3.85. The van der Waals surface area contributed by atoms with E-state index in [1.165, 1.54) is 0 Å². The van der Waals surface area contributed by atoms with Gasteiger partial charge in [0.1, 0.15) is 5.82 Å². The number of piperazine rings is 1. The Morgan fingerprint density at radius 2 is 2.08 bits per heavy atom. The molecule has 1 saturated heterocycles. The van der Waals surface area contributed by atoms with Crippen LogP contribution in [0, 0.1) is 5.41 Å². The van der Waals surface area contributed by atoms with E-state index in [0.717, 1.165) is 38.4 Å². The Balaban J connectivity index is 1.62. The molecule has 2 aliphatic rings. The Labute approximate surface area is 150 Å². The lowest BCUT2D eigenvalue weighted by Gasteiger charge is -2.51. The highest BCUT2D eigenvalue weighted by Crippen LogP contribution is 2.42. The maximum Gasteiger partial charge on any atom is 0.251 e. The van der Waals surface area contributed by atoms with Crippen molar-refractivity contribution >= 4 is 11.7 Å². The maximum atomic E-state index is 12.7. The van der Waals surface area contributed by atoms with E-state index < -0.39 is 0 Å². The number of carbonyl (C=O) groups excluding carboxylic acids is 1. The largest absolute Gasteiger partial charge is 0.378 e. The van der Waals surface area contributed by atoms with Crippen LogP contribution in [0.4, 0.5) is 5.82 Å². The fraction of sp³-hybridized carbons (Fsp3) is 0.684. The molecule has 1 aromatic heterocycles. The molecule has 2 fully saturated rings. The first-order valence-electron chi connectivity index (χ1n) is 9.24. The first kappa shape index (κ1) is 18.1. The number of aromatic nitrogens is 1. The lowest BCUT2D eigenvalue weighted by molar-refractivity contribution is -0.111. The number of hydrogen-bond donors (Lipinski definition) is 1. The second-order valence-corrected chi connectivity index (χ2v) is 7.72. The van der Waals surface area contributed by atoms with Gasteiger partial charge < -0.3 is 19.9 Å². The number of anilines is 1. The zero-order chi connectivity index (χ0) is 18.0. The number of nitrogens with zero attached hydrogens (tertiary/aromatic N) is 3. The average Bonchev–Trinajstić information content (AvgIpc) is 2.61. The quantitative estimate of drug-likeness (QED) is 0.880. The monoisotopic (exact) mass is 346 g/mol. The summed E-state index contributed by atoms with van der Waals surface area (Å²) in [5, 5.41) is 3.18. The predicted octanol–water partition coefficient (Wildman–Crippen LogP) is 1.77. The van der Waals surface area contributed by atoms with Gasteiger partial charge in [0, 0.05) is 56.0 Å². The number of hydrogen-bond acceptors (Lipinski definition) is 5. The van der Waals surface area contributed by atoms with Crippen molar-refractivity contribution in [3.05, 3.63) is 23.9 Å². The highest BCUT2D eigenvalue weighted by Gasteiger charge is 2.49. The third-order valence-electron chi connectivity index (χ3n) is 5.69. The van der Waals surface area contributed by atoms with E-state index in [1.54, 1.807) is 12.3 Å². The summed E-state index contributed by atoms with van der Waals surface area (Å²) in [6.07, 6.45) is 2.83. The molecular formula is C19H30N4O2. The molecule has 6 heteroatoms. The molecule has 1 N–H and O–H groups in total. The number of pyridine rings is 1. The SMILES string of the molecule is CCO[C@H]1C[C@H](NC(=O)c2ccnc(N3CCN(C)CC3)c2)C1(C)C. The summed E-state index contributed by atoms with van der Waals surface area (Å²) in [5.41, 5.74) is 0.651. The normalized spacial score (nSPS) is 26.2. The van der Waals surface area contributed by atoms with Crippen LogP contribution in [0.2, 0.25) is 0 Å². The van der Waals surface area contributed by atoms with Crippen molar-refractivity contribution in [3.8, 4) is 0 Å². The van der Waals surface area contributed by atoms with Gasteiger partial charge in [-0.3, -0.25) is 4.79 Å². The Hall–Kier alpha value is -1.66. The summed E-state index contributed by atoms with van der Waals surface area (Å²) >= 11 is 0. The van der Waals surface area contributed by atoms with Crippen LogP contribution in [0.3, 0.4) is 0 Å². The maximum absolute atomic E-state index is 12.7. The summed E-state index contributed by atoms with van der Waals surface area (Å²) in [4.78, 5) is 21.7. The van der Waals surface area contributed by atoms with Crippen molar-refractivity contribution in [2.45, 2.75) is 39.3 Å². The molecule has 6 nitrogen and oxygen atoms in total. The first-order valence-corrected chi connectivity index (χ1v) is 9.24. The molecule has 0 unspecified atom stereocenters. The highest BCUT2D eigenvalue weighted by molar-refractivity contribution is 5.95. The third-order valence-corrected chi connectivity index (χ3v) is 5.69. The molecule has 2 heterocycles. The Morgan fingerprint density at radius 3 is 2.72 bits per heavy atom. The zero-order valence-electron chi connectivity index (χ0n) is 15.8. The van der Waals surface area contributed by atoms with Crippen LogP contribution in [0.1, 0.15) is 37.6 Å². The van der Waals surface area contributed by atoms with E-state index in [1.807, 2.05) is 13.0 Å². The van der Waals surface area contributed by atoms with Crippen molar-refractivity contribution in [1.82, 2.24) is 15.2 Å². The lowest BCUT2D eigenvalue weighted by Crippen LogP contribution is -2.62. The van der Waals surface area contributed by atoms with E-state index in [2.05, 4.69) is 41.0 Å². The minimum atomic E-state index is -0.0288. The van der Waals surface area contributed by atoms with Gasteiger partial charge >= 0.3 is 0 Å². The van der Waals surface area contributed by atoms with Gasteiger partial charge in [-0.25, -0.2) is 4.98 Å². The number of likely N-dealkylation sites (N-methyl/N-ethyl adjacent to an activating group) is 1. The van der Waals surface area contributed by atoms with Crippen molar-refractivity contribution in [1.29, 1.82) is 0 Å². The lowest BCUT2D eigenvalue weighted by atomic mass is 9.64. The van der Waals surface area contributed by atoms with Crippen molar-refractivity contribution < 1.29 is 9.53 Å². The van der Waals surface area contributed by atoms with Crippen molar-refractivity contribution in [2.75, 3.05) is 44.7 Å². The fourth-order valence-electron chi connectivity index (χ4n) is 3.62. The Kier molecular flexibility index (Phi) is 5.29. The van der Waals surface area contributed by atoms with Crippen LogP contribution in [0.25, 0.3) is 0 Å². The Bertz CT molecular complexity index is 611.